The fourth-order valence-corrected chi connectivity index (χ4v) is 3.43. The van der Waals surface area contributed by atoms with Gasteiger partial charge in [0.05, 0.1) is 10.6 Å². The average molecular weight is 334 g/mol. The molecule has 7 heteroatoms. The van der Waals surface area contributed by atoms with E-state index in [1.165, 1.54) is 18.2 Å². The van der Waals surface area contributed by atoms with Crippen LogP contribution in [0.15, 0.2) is 52.2 Å². The number of hydrogen-bond donors (Lipinski definition) is 1. The Labute approximate surface area is 134 Å². The van der Waals surface area contributed by atoms with Crippen LogP contribution in [-0.2, 0) is 14.6 Å². The minimum Gasteiger partial charge on any atom is -0.273 e. The van der Waals surface area contributed by atoms with Crippen molar-refractivity contribution in [1.29, 1.82) is 0 Å². The number of hydrogen-bond acceptors (Lipinski definition) is 4. The predicted molar refractivity (Wildman–Crippen MR) is 87.7 cm³/mol. The number of benzene rings is 1. The molecule has 0 fully saturated rings. The minimum absolute atomic E-state index is 0.177. The van der Waals surface area contributed by atoms with Gasteiger partial charge >= 0.3 is 0 Å². The second-order valence-corrected chi connectivity index (χ2v) is 7.37. The fourth-order valence-electron chi connectivity index (χ4n) is 2.17. The van der Waals surface area contributed by atoms with Gasteiger partial charge in [0.15, 0.2) is 9.84 Å². The summed E-state index contributed by atoms with van der Waals surface area (Å²) >= 11 is 0. The standard InChI is InChI=1S/C16H18N2O4S/c1-12-10-13(2)18(16(20)11-12)17-15(19)8-9-23(21,22)14-6-4-3-5-7-14/h3-7,10-11H,8-9H2,1-2H3,(H,17,19). The lowest BCUT2D eigenvalue weighted by Crippen LogP contribution is -2.35. The van der Waals surface area contributed by atoms with Crippen LogP contribution in [0, 0.1) is 13.8 Å². The lowest BCUT2D eigenvalue weighted by Gasteiger charge is -2.12. The van der Waals surface area contributed by atoms with Gasteiger partial charge in [0.2, 0.25) is 5.91 Å². The zero-order chi connectivity index (χ0) is 17.0. The third-order valence-corrected chi connectivity index (χ3v) is 5.03. The zero-order valence-electron chi connectivity index (χ0n) is 12.9. The summed E-state index contributed by atoms with van der Waals surface area (Å²) < 4.78 is 25.4. The van der Waals surface area contributed by atoms with Gasteiger partial charge in [0.25, 0.3) is 5.56 Å². The third kappa shape index (κ3) is 4.29. The molecule has 122 valence electrons. The Bertz CT molecular complexity index is 871. The first-order valence-corrected chi connectivity index (χ1v) is 8.73. The molecule has 2 aromatic rings. The molecule has 23 heavy (non-hydrogen) atoms. The maximum Gasteiger partial charge on any atom is 0.269 e. The average Bonchev–Trinajstić information content (AvgIpc) is 2.50. The lowest BCUT2D eigenvalue weighted by molar-refractivity contribution is -0.116. The summed E-state index contributed by atoms with van der Waals surface area (Å²) in [5.74, 6) is -0.846. The van der Waals surface area contributed by atoms with Gasteiger partial charge in [-0.2, -0.15) is 0 Å². The lowest BCUT2D eigenvalue weighted by atomic mass is 10.2. The highest BCUT2D eigenvalue weighted by atomic mass is 32.2. The van der Waals surface area contributed by atoms with Crippen LogP contribution in [0.3, 0.4) is 0 Å². The summed E-state index contributed by atoms with van der Waals surface area (Å²) in [6.45, 7) is 3.47. The molecule has 0 saturated heterocycles. The minimum atomic E-state index is -3.52. The van der Waals surface area contributed by atoms with Crippen LogP contribution in [-0.4, -0.2) is 24.8 Å². The third-order valence-electron chi connectivity index (χ3n) is 3.30. The molecule has 0 atom stereocenters. The van der Waals surface area contributed by atoms with Crippen LogP contribution in [0.2, 0.25) is 0 Å². The summed E-state index contributed by atoms with van der Waals surface area (Å²) in [6, 6.07) is 11.1. The summed E-state index contributed by atoms with van der Waals surface area (Å²) in [6.07, 6.45) is -0.225. The van der Waals surface area contributed by atoms with Crippen LogP contribution in [0.4, 0.5) is 0 Å². The number of aromatic nitrogens is 1. The number of aryl methyl sites for hydroxylation is 2. The van der Waals surface area contributed by atoms with E-state index in [4.69, 9.17) is 0 Å². The molecular formula is C16H18N2O4S. The molecule has 0 radical (unpaired) electrons. The van der Waals surface area contributed by atoms with Gasteiger partial charge in [-0.05, 0) is 37.6 Å². The zero-order valence-corrected chi connectivity index (χ0v) is 13.8. The molecule has 0 unspecified atom stereocenters. The van der Waals surface area contributed by atoms with E-state index in [2.05, 4.69) is 5.43 Å². The summed E-state index contributed by atoms with van der Waals surface area (Å²) in [5.41, 5.74) is 3.45. The summed E-state index contributed by atoms with van der Waals surface area (Å²) in [5, 5.41) is 0. The fraction of sp³-hybridized carbons (Fsp3) is 0.250. The first-order valence-electron chi connectivity index (χ1n) is 7.07. The molecule has 0 aliphatic carbocycles. The summed E-state index contributed by atoms with van der Waals surface area (Å²) in [4.78, 5) is 24.0. The normalized spacial score (nSPS) is 11.2. The van der Waals surface area contributed by atoms with Crippen molar-refractivity contribution in [2.75, 3.05) is 11.2 Å². The van der Waals surface area contributed by atoms with Gasteiger partial charge in [-0.15, -0.1) is 0 Å². The SMILES string of the molecule is Cc1cc(C)n(NC(=O)CCS(=O)(=O)c2ccccc2)c(=O)c1. The first kappa shape index (κ1) is 17.0. The molecule has 0 saturated carbocycles. The van der Waals surface area contributed by atoms with E-state index in [-0.39, 0.29) is 22.6 Å². The summed E-state index contributed by atoms with van der Waals surface area (Å²) in [7, 11) is -3.52. The van der Waals surface area contributed by atoms with Gasteiger partial charge < -0.3 is 0 Å². The first-order chi connectivity index (χ1) is 10.8. The molecule has 1 amide bonds. The number of nitrogens with zero attached hydrogens (tertiary/aromatic N) is 1. The Morgan fingerprint density at radius 3 is 2.39 bits per heavy atom. The van der Waals surface area contributed by atoms with E-state index >= 15 is 0 Å². The van der Waals surface area contributed by atoms with Crippen molar-refractivity contribution >= 4 is 15.7 Å². The number of amides is 1. The van der Waals surface area contributed by atoms with Crippen LogP contribution in [0.1, 0.15) is 17.7 Å². The Hall–Kier alpha value is -2.41. The maximum absolute atomic E-state index is 12.1. The Balaban J connectivity index is 2.06. The largest absolute Gasteiger partial charge is 0.273 e. The highest BCUT2D eigenvalue weighted by Crippen LogP contribution is 2.11. The van der Waals surface area contributed by atoms with Gasteiger partial charge in [-0.25, -0.2) is 13.1 Å². The highest BCUT2D eigenvalue weighted by Gasteiger charge is 2.16. The van der Waals surface area contributed by atoms with Crippen molar-refractivity contribution in [3.05, 3.63) is 64.1 Å². The molecule has 1 heterocycles. The van der Waals surface area contributed by atoms with Crippen molar-refractivity contribution in [2.24, 2.45) is 0 Å². The molecule has 1 aromatic heterocycles. The molecular weight excluding hydrogens is 316 g/mol. The number of nitrogens with one attached hydrogen (secondary N) is 1. The van der Waals surface area contributed by atoms with Crippen LogP contribution < -0.4 is 11.0 Å². The molecule has 6 nitrogen and oxygen atoms in total. The van der Waals surface area contributed by atoms with E-state index in [0.717, 1.165) is 10.2 Å². The Morgan fingerprint density at radius 2 is 1.78 bits per heavy atom. The molecule has 1 N–H and O–H groups in total. The number of sulfone groups is 1. The van der Waals surface area contributed by atoms with Gasteiger partial charge in [-0.1, -0.05) is 18.2 Å². The molecule has 0 spiro atoms. The second-order valence-electron chi connectivity index (χ2n) is 5.26. The molecule has 0 aliphatic heterocycles. The quantitative estimate of drug-likeness (QED) is 0.895. The molecule has 2 rings (SSSR count). The van der Waals surface area contributed by atoms with Crippen LogP contribution in [0.25, 0.3) is 0 Å². The van der Waals surface area contributed by atoms with Gasteiger partial charge in [-0.3, -0.25) is 15.0 Å². The van der Waals surface area contributed by atoms with Crippen LogP contribution >= 0.6 is 0 Å². The van der Waals surface area contributed by atoms with Gasteiger partial charge in [0, 0.05) is 18.2 Å². The topological polar surface area (TPSA) is 85.2 Å². The van der Waals surface area contributed by atoms with Crippen molar-refractivity contribution < 1.29 is 13.2 Å². The smallest absolute Gasteiger partial charge is 0.269 e. The van der Waals surface area contributed by atoms with Crippen molar-refractivity contribution in [3.8, 4) is 0 Å². The van der Waals surface area contributed by atoms with Crippen molar-refractivity contribution in [3.63, 3.8) is 0 Å². The Kier molecular flexibility index (Phi) is 5.00. The number of carbonyl (C=O) groups is 1. The van der Waals surface area contributed by atoms with Crippen LogP contribution in [0.5, 0.6) is 0 Å². The highest BCUT2D eigenvalue weighted by molar-refractivity contribution is 7.91. The van der Waals surface area contributed by atoms with Crippen molar-refractivity contribution in [2.45, 2.75) is 25.2 Å². The van der Waals surface area contributed by atoms with E-state index in [0.29, 0.717) is 5.69 Å². The van der Waals surface area contributed by atoms with Gasteiger partial charge in [0.1, 0.15) is 0 Å². The molecule has 0 aliphatic rings. The van der Waals surface area contributed by atoms with E-state index in [9.17, 15) is 18.0 Å². The number of carbonyl (C=O) groups excluding carboxylic acids is 1. The van der Waals surface area contributed by atoms with Crippen molar-refractivity contribution in [1.82, 2.24) is 4.68 Å². The second kappa shape index (κ2) is 6.78. The molecule has 0 bridgehead atoms. The maximum atomic E-state index is 12.1. The Morgan fingerprint density at radius 1 is 1.13 bits per heavy atom. The van der Waals surface area contributed by atoms with E-state index in [1.54, 1.807) is 38.1 Å². The predicted octanol–water partition coefficient (Wildman–Crippen LogP) is 1.40. The molecule has 1 aromatic carbocycles. The number of pyridine rings is 1. The van der Waals surface area contributed by atoms with E-state index < -0.39 is 15.7 Å². The van der Waals surface area contributed by atoms with E-state index in [1.807, 2.05) is 0 Å². The monoisotopic (exact) mass is 334 g/mol. The number of rotatable bonds is 5.